The summed E-state index contributed by atoms with van der Waals surface area (Å²) in [5.41, 5.74) is -0.888. The van der Waals surface area contributed by atoms with Gasteiger partial charge in [-0.05, 0) is 37.6 Å². The zero-order valence-corrected chi connectivity index (χ0v) is 11.6. The minimum atomic E-state index is -4.46. The zero-order chi connectivity index (χ0) is 15.9. The van der Waals surface area contributed by atoms with E-state index in [2.05, 4.69) is 10.3 Å². The van der Waals surface area contributed by atoms with Gasteiger partial charge in [0.15, 0.2) is 0 Å². The number of pyridine rings is 1. The van der Waals surface area contributed by atoms with E-state index in [1.54, 1.807) is 25.2 Å². The highest BCUT2D eigenvalue weighted by molar-refractivity contribution is 5.84. The molecular weight excluding hydrogens is 285 g/mol. The van der Waals surface area contributed by atoms with Crippen LogP contribution in [0.25, 0.3) is 0 Å². The van der Waals surface area contributed by atoms with Crippen LogP contribution in [0.15, 0.2) is 42.3 Å². The molecule has 1 aromatic heterocycles. The molecule has 0 spiro atoms. The van der Waals surface area contributed by atoms with Crippen molar-refractivity contribution in [2.45, 2.75) is 26.4 Å². The first kappa shape index (κ1) is 16.7. The molecule has 0 radical (unpaired) electrons. The van der Waals surface area contributed by atoms with Crippen molar-refractivity contribution < 1.29 is 22.7 Å². The molecule has 0 aliphatic carbocycles. The van der Waals surface area contributed by atoms with Crippen molar-refractivity contribution >= 4 is 11.9 Å². The lowest BCUT2D eigenvalue weighted by atomic mass is 10.3. The Morgan fingerprint density at radius 1 is 1.43 bits per heavy atom. The minimum absolute atomic E-state index is 0.0251. The summed E-state index contributed by atoms with van der Waals surface area (Å²) in [6, 6.07) is 1.89. The number of carbonyl (C=O) groups excluding carboxylic acids is 1. The van der Waals surface area contributed by atoms with E-state index in [9.17, 15) is 18.0 Å². The number of ether oxygens (including phenoxy) is 1. The maximum Gasteiger partial charge on any atom is 0.418 e. The third-order valence-corrected chi connectivity index (χ3v) is 2.33. The van der Waals surface area contributed by atoms with Gasteiger partial charge in [-0.2, -0.15) is 13.2 Å². The first-order chi connectivity index (χ1) is 9.86. The lowest BCUT2D eigenvalue weighted by Gasteiger charge is -2.08. The number of nitrogens with zero attached hydrogens (tertiary/aromatic N) is 1. The second-order valence-electron chi connectivity index (χ2n) is 3.95. The third kappa shape index (κ3) is 5.68. The summed E-state index contributed by atoms with van der Waals surface area (Å²) in [6.07, 6.45) is 1.15. The molecule has 0 aliphatic rings. The van der Waals surface area contributed by atoms with Crippen molar-refractivity contribution in [1.82, 2.24) is 4.98 Å². The Hall–Kier alpha value is -2.31. The van der Waals surface area contributed by atoms with Crippen LogP contribution in [-0.2, 0) is 10.9 Å². The summed E-state index contributed by atoms with van der Waals surface area (Å²) in [6.45, 7) is 3.62. The number of allylic oxidation sites excluding steroid dienone is 3. The Morgan fingerprint density at radius 3 is 2.62 bits per heavy atom. The van der Waals surface area contributed by atoms with Crippen LogP contribution < -0.4 is 5.32 Å². The molecule has 4 nitrogen and oxygen atoms in total. The second kappa shape index (κ2) is 7.47. The molecule has 0 aliphatic heterocycles. The summed E-state index contributed by atoms with van der Waals surface area (Å²) in [5.74, 6) is 0.309. The van der Waals surface area contributed by atoms with Gasteiger partial charge in [0, 0.05) is 6.20 Å². The van der Waals surface area contributed by atoms with E-state index in [4.69, 9.17) is 4.74 Å². The molecule has 1 heterocycles. The number of halogens is 3. The molecule has 1 rings (SSSR count). The predicted molar refractivity (Wildman–Crippen MR) is 72.5 cm³/mol. The van der Waals surface area contributed by atoms with Crippen LogP contribution in [0.3, 0.4) is 0 Å². The van der Waals surface area contributed by atoms with Gasteiger partial charge in [0.05, 0.1) is 5.56 Å². The van der Waals surface area contributed by atoms with Gasteiger partial charge in [0.25, 0.3) is 0 Å². The van der Waals surface area contributed by atoms with E-state index < -0.39 is 17.8 Å². The fraction of sp³-hybridized carbons (Fsp3) is 0.286. The fourth-order valence-electron chi connectivity index (χ4n) is 1.30. The van der Waals surface area contributed by atoms with Crippen molar-refractivity contribution in [3.63, 3.8) is 0 Å². The molecule has 114 valence electrons. The fourth-order valence-corrected chi connectivity index (χ4v) is 1.30. The van der Waals surface area contributed by atoms with Gasteiger partial charge in [-0.25, -0.2) is 9.78 Å². The molecule has 0 fully saturated rings. The van der Waals surface area contributed by atoms with Crippen molar-refractivity contribution in [2.24, 2.45) is 0 Å². The summed E-state index contributed by atoms with van der Waals surface area (Å²) in [7, 11) is 0. The maximum atomic E-state index is 12.4. The van der Waals surface area contributed by atoms with Gasteiger partial charge >= 0.3 is 12.3 Å². The van der Waals surface area contributed by atoms with E-state index in [1.165, 1.54) is 0 Å². The molecular formula is C14H15F3N2O2. The van der Waals surface area contributed by atoms with Gasteiger partial charge in [-0.15, -0.1) is 0 Å². The third-order valence-electron chi connectivity index (χ3n) is 2.33. The first-order valence-electron chi connectivity index (χ1n) is 6.21. The molecule has 1 aromatic rings. The number of nitrogens with one attached hydrogen (secondary N) is 1. The molecule has 0 bridgehead atoms. The Balaban J connectivity index is 2.65. The Kier molecular flexibility index (Phi) is 5.95. The first-order valence-corrected chi connectivity index (χ1v) is 6.21. The average Bonchev–Trinajstić information content (AvgIpc) is 2.43. The van der Waals surface area contributed by atoms with Crippen LogP contribution in [0.2, 0.25) is 0 Å². The summed E-state index contributed by atoms with van der Waals surface area (Å²) < 4.78 is 42.0. The van der Waals surface area contributed by atoms with Gasteiger partial charge in [-0.1, -0.05) is 13.0 Å². The van der Waals surface area contributed by atoms with E-state index in [0.29, 0.717) is 12.0 Å². The van der Waals surface area contributed by atoms with Crippen molar-refractivity contribution in [3.05, 3.63) is 47.9 Å². The van der Waals surface area contributed by atoms with Crippen molar-refractivity contribution in [1.29, 1.82) is 0 Å². The molecule has 1 N–H and O–H groups in total. The topological polar surface area (TPSA) is 51.2 Å². The van der Waals surface area contributed by atoms with Crippen LogP contribution in [0.5, 0.6) is 0 Å². The Morgan fingerprint density at radius 2 is 2.14 bits per heavy atom. The predicted octanol–water partition coefficient (Wildman–Crippen LogP) is 4.52. The zero-order valence-electron chi connectivity index (χ0n) is 11.6. The number of carbonyl (C=O) groups is 1. The molecule has 0 atom stereocenters. The molecule has 0 aromatic carbocycles. The van der Waals surface area contributed by atoms with E-state index >= 15 is 0 Å². The molecule has 0 saturated carbocycles. The maximum absolute atomic E-state index is 12.4. The van der Waals surface area contributed by atoms with Gasteiger partial charge in [-0.3, -0.25) is 5.32 Å². The Labute approximate surface area is 120 Å². The number of alkyl halides is 3. The lowest BCUT2D eigenvalue weighted by Crippen LogP contribution is -2.14. The number of hydrogen-bond acceptors (Lipinski definition) is 3. The van der Waals surface area contributed by atoms with Crippen LogP contribution in [-0.4, -0.2) is 11.1 Å². The summed E-state index contributed by atoms with van der Waals surface area (Å²) in [4.78, 5) is 15.1. The average molecular weight is 300 g/mol. The number of rotatable bonds is 4. The minimum Gasteiger partial charge on any atom is -0.410 e. The van der Waals surface area contributed by atoms with Gasteiger partial charge in [0.1, 0.15) is 11.6 Å². The highest BCUT2D eigenvalue weighted by Gasteiger charge is 2.30. The van der Waals surface area contributed by atoms with Crippen molar-refractivity contribution in [3.8, 4) is 0 Å². The van der Waals surface area contributed by atoms with Crippen LogP contribution in [0.4, 0.5) is 23.8 Å². The molecule has 0 unspecified atom stereocenters. The quantitative estimate of drug-likeness (QED) is 0.657. The van der Waals surface area contributed by atoms with E-state index in [-0.39, 0.29) is 5.82 Å². The standard InChI is InChI=1S/C14H15F3N2O2/c1-3-5-6-11(4-2)21-13(20)19-12-8-7-10(9-18-12)14(15,16)17/h4-9H,3H2,1-2H3,(H,18,19,20)/b6-5-,11-4+. The van der Waals surface area contributed by atoms with E-state index in [0.717, 1.165) is 18.6 Å². The summed E-state index contributed by atoms with van der Waals surface area (Å²) in [5, 5.41) is 2.25. The molecule has 1 amide bonds. The smallest absolute Gasteiger partial charge is 0.410 e. The Bertz CT molecular complexity index is 534. The largest absolute Gasteiger partial charge is 0.418 e. The SMILES string of the molecule is C/C=C(\C=C/CC)OC(=O)Nc1ccc(C(F)(F)F)cn1. The van der Waals surface area contributed by atoms with Crippen LogP contribution in [0.1, 0.15) is 25.8 Å². The highest BCUT2D eigenvalue weighted by Crippen LogP contribution is 2.28. The summed E-state index contributed by atoms with van der Waals surface area (Å²) >= 11 is 0. The van der Waals surface area contributed by atoms with Crippen LogP contribution >= 0.6 is 0 Å². The molecule has 7 heteroatoms. The second-order valence-corrected chi connectivity index (χ2v) is 3.95. The number of hydrogen-bond donors (Lipinski definition) is 1. The van der Waals surface area contributed by atoms with Crippen LogP contribution in [0, 0.1) is 0 Å². The number of amides is 1. The van der Waals surface area contributed by atoms with Gasteiger partial charge < -0.3 is 4.74 Å². The number of aromatic nitrogens is 1. The van der Waals surface area contributed by atoms with Crippen molar-refractivity contribution in [2.75, 3.05) is 5.32 Å². The molecule has 0 saturated heterocycles. The highest BCUT2D eigenvalue weighted by atomic mass is 19.4. The number of anilines is 1. The van der Waals surface area contributed by atoms with E-state index in [1.807, 2.05) is 6.92 Å². The van der Waals surface area contributed by atoms with Gasteiger partial charge in [0.2, 0.25) is 0 Å². The lowest BCUT2D eigenvalue weighted by molar-refractivity contribution is -0.137. The monoisotopic (exact) mass is 300 g/mol. The normalized spacial score (nSPS) is 12.5. The molecule has 21 heavy (non-hydrogen) atoms.